The van der Waals surface area contributed by atoms with Crippen molar-refractivity contribution in [1.82, 2.24) is 18.3 Å². The van der Waals surface area contributed by atoms with E-state index in [1.807, 2.05) is 18.2 Å². The van der Waals surface area contributed by atoms with Crippen molar-refractivity contribution in [3.05, 3.63) is 99.4 Å². The lowest BCUT2D eigenvalue weighted by Gasteiger charge is -2.34. The first-order valence-corrected chi connectivity index (χ1v) is 13.8. The normalized spacial score (nSPS) is 14.9. The van der Waals surface area contributed by atoms with Gasteiger partial charge in [-0.1, -0.05) is 58.4 Å². The number of para-hydroxylation sites is 2. The second-order valence-corrected chi connectivity index (χ2v) is 11.4. The Hall–Kier alpha value is -3.21. The van der Waals surface area contributed by atoms with Crippen LogP contribution in [-0.2, 0) is 27.9 Å². The fraction of sp³-hybridized carbons (Fsp3) is 0.231. The fourth-order valence-electron chi connectivity index (χ4n) is 4.51. The number of fused-ring (bicyclic) bond motifs is 1. The average Bonchev–Trinajstić information content (AvgIpc) is 3.17. The maximum atomic E-state index is 13.4. The number of piperazine rings is 1. The van der Waals surface area contributed by atoms with Crippen LogP contribution in [0, 0.1) is 0 Å². The van der Waals surface area contributed by atoms with E-state index >= 15 is 0 Å². The van der Waals surface area contributed by atoms with E-state index in [2.05, 4.69) is 33.0 Å². The van der Waals surface area contributed by atoms with E-state index in [1.54, 1.807) is 41.3 Å². The number of nitrogens with zero attached hydrogens (tertiary/aromatic N) is 4. The number of benzene rings is 3. The van der Waals surface area contributed by atoms with Crippen LogP contribution in [-0.4, -0.2) is 58.8 Å². The van der Waals surface area contributed by atoms with Crippen LogP contribution in [0.25, 0.3) is 11.0 Å². The van der Waals surface area contributed by atoms with Crippen LogP contribution in [0.15, 0.2) is 93.0 Å². The van der Waals surface area contributed by atoms with Crippen LogP contribution in [0.5, 0.6) is 0 Å². The van der Waals surface area contributed by atoms with E-state index in [1.165, 1.54) is 22.3 Å². The molecule has 0 atom stereocenters. The molecule has 1 aromatic heterocycles. The number of rotatable bonds is 6. The van der Waals surface area contributed by atoms with Crippen LogP contribution < -0.4 is 5.69 Å². The molecule has 0 spiro atoms. The van der Waals surface area contributed by atoms with E-state index in [-0.39, 0.29) is 22.9 Å². The van der Waals surface area contributed by atoms with Crippen molar-refractivity contribution in [3.8, 4) is 0 Å². The average molecular weight is 569 g/mol. The summed E-state index contributed by atoms with van der Waals surface area (Å²) in [6.45, 7) is 3.17. The van der Waals surface area contributed by atoms with Gasteiger partial charge in [-0.05, 0) is 42.0 Å². The van der Waals surface area contributed by atoms with Crippen molar-refractivity contribution in [1.29, 1.82) is 0 Å². The number of aromatic nitrogens is 2. The lowest BCUT2D eigenvalue weighted by Crippen LogP contribution is -2.49. The Labute approximate surface area is 217 Å². The Bertz CT molecular complexity index is 1560. The van der Waals surface area contributed by atoms with Crippen molar-refractivity contribution in [2.24, 2.45) is 0 Å². The first-order chi connectivity index (χ1) is 17.3. The largest absolute Gasteiger partial charge is 0.343 e. The van der Waals surface area contributed by atoms with Crippen molar-refractivity contribution >= 4 is 42.9 Å². The summed E-state index contributed by atoms with van der Waals surface area (Å²) < 4.78 is 29.6. The van der Waals surface area contributed by atoms with Crippen molar-refractivity contribution in [2.75, 3.05) is 26.2 Å². The number of hydrogen-bond acceptors (Lipinski definition) is 5. The Morgan fingerprint density at radius 1 is 0.806 bits per heavy atom. The number of carbonyl (C=O) groups is 1. The Morgan fingerprint density at radius 3 is 2.08 bits per heavy atom. The van der Waals surface area contributed by atoms with E-state index in [4.69, 9.17) is 0 Å². The summed E-state index contributed by atoms with van der Waals surface area (Å²) in [6.07, 6.45) is 0. The zero-order valence-corrected chi connectivity index (χ0v) is 21.9. The molecule has 3 aromatic carbocycles. The molecule has 1 fully saturated rings. The van der Waals surface area contributed by atoms with Crippen LogP contribution in [0.4, 0.5) is 0 Å². The van der Waals surface area contributed by atoms with E-state index in [0.717, 1.165) is 28.1 Å². The minimum absolute atomic E-state index is 0.00318. The third-order valence-electron chi connectivity index (χ3n) is 6.42. The second-order valence-electron chi connectivity index (χ2n) is 8.72. The molecule has 1 aliphatic heterocycles. The van der Waals surface area contributed by atoms with Gasteiger partial charge in [-0.2, -0.15) is 3.97 Å². The SMILES string of the molecule is O=C(Cn1c(=O)n(S(=O)(=O)c2ccc(Br)cc2)c2ccccc21)N1CCN(Cc2ccccc2)CC1. The van der Waals surface area contributed by atoms with Gasteiger partial charge in [-0.3, -0.25) is 14.3 Å². The van der Waals surface area contributed by atoms with Gasteiger partial charge in [0.25, 0.3) is 10.0 Å². The molecule has 4 aromatic rings. The lowest BCUT2D eigenvalue weighted by molar-refractivity contribution is -0.133. The molecular weight excluding hydrogens is 544 g/mol. The van der Waals surface area contributed by atoms with Gasteiger partial charge in [-0.15, -0.1) is 0 Å². The van der Waals surface area contributed by atoms with Gasteiger partial charge in [0.05, 0.1) is 15.9 Å². The molecule has 0 bridgehead atoms. The van der Waals surface area contributed by atoms with Crippen LogP contribution >= 0.6 is 15.9 Å². The van der Waals surface area contributed by atoms with Crippen LogP contribution in [0.2, 0.25) is 0 Å². The summed E-state index contributed by atoms with van der Waals surface area (Å²) >= 11 is 3.30. The highest BCUT2D eigenvalue weighted by Crippen LogP contribution is 2.21. The molecule has 0 aliphatic carbocycles. The Morgan fingerprint density at radius 2 is 1.42 bits per heavy atom. The predicted molar refractivity (Wildman–Crippen MR) is 141 cm³/mol. The topological polar surface area (TPSA) is 84.6 Å². The number of amides is 1. The summed E-state index contributed by atoms with van der Waals surface area (Å²) in [4.78, 5) is 30.6. The molecule has 1 aliphatic rings. The summed E-state index contributed by atoms with van der Waals surface area (Å²) in [7, 11) is -4.16. The van der Waals surface area contributed by atoms with Crippen LogP contribution in [0.1, 0.15) is 5.56 Å². The number of imidazole rings is 1. The summed E-state index contributed by atoms with van der Waals surface area (Å²) in [6, 6.07) is 22.9. The van der Waals surface area contributed by atoms with Crippen molar-refractivity contribution < 1.29 is 13.2 Å². The molecule has 10 heteroatoms. The third kappa shape index (κ3) is 4.76. The first-order valence-electron chi connectivity index (χ1n) is 11.6. The molecule has 0 unspecified atom stereocenters. The smallest absolute Gasteiger partial charge is 0.339 e. The molecule has 0 saturated carbocycles. The van der Waals surface area contributed by atoms with Gasteiger partial charge in [0.15, 0.2) is 0 Å². The third-order valence-corrected chi connectivity index (χ3v) is 8.65. The summed E-state index contributed by atoms with van der Waals surface area (Å²) in [5, 5.41) is 0. The van der Waals surface area contributed by atoms with Gasteiger partial charge in [0.1, 0.15) is 6.54 Å². The molecule has 186 valence electrons. The van der Waals surface area contributed by atoms with E-state index in [0.29, 0.717) is 18.6 Å². The van der Waals surface area contributed by atoms with Gasteiger partial charge in [0, 0.05) is 37.2 Å². The summed E-state index contributed by atoms with van der Waals surface area (Å²) in [5.74, 6) is -0.208. The van der Waals surface area contributed by atoms with Gasteiger partial charge < -0.3 is 4.90 Å². The van der Waals surface area contributed by atoms with Gasteiger partial charge in [0.2, 0.25) is 5.91 Å². The highest BCUT2D eigenvalue weighted by molar-refractivity contribution is 9.10. The minimum atomic E-state index is -4.16. The Kier molecular flexibility index (Phi) is 6.83. The first kappa shape index (κ1) is 24.5. The standard InChI is InChI=1S/C26H25BrN4O4S/c27-21-10-12-22(13-11-21)36(34,35)31-24-9-5-4-8-23(24)30(26(31)33)19-25(32)29-16-14-28(15-17-29)18-20-6-2-1-3-7-20/h1-13H,14-19H2. The maximum Gasteiger partial charge on any atom is 0.343 e. The number of halogens is 1. The quantitative estimate of drug-likeness (QED) is 0.357. The van der Waals surface area contributed by atoms with Crippen molar-refractivity contribution in [2.45, 2.75) is 18.0 Å². The minimum Gasteiger partial charge on any atom is -0.339 e. The van der Waals surface area contributed by atoms with E-state index in [9.17, 15) is 18.0 Å². The molecule has 1 saturated heterocycles. The molecule has 0 radical (unpaired) electrons. The van der Waals surface area contributed by atoms with Gasteiger partial charge >= 0.3 is 5.69 Å². The molecule has 36 heavy (non-hydrogen) atoms. The predicted octanol–water partition coefficient (Wildman–Crippen LogP) is 3.15. The zero-order chi connectivity index (χ0) is 25.3. The molecular formula is C26H25BrN4O4S. The lowest BCUT2D eigenvalue weighted by atomic mass is 10.2. The second kappa shape index (κ2) is 10.0. The fourth-order valence-corrected chi connectivity index (χ4v) is 6.18. The zero-order valence-electron chi connectivity index (χ0n) is 19.5. The monoisotopic (exact) mass is 568 g/mol. The summed E-state index contributed by atoms with van der Waals surface area (Å²) in [5.41, 5.74) is 1.11. The number of hydrogen-bond donors (Lipinski definition) is 0. The number of carbonyl (C=O) groups excluding carboxylic acids is 1. The van der Waals surface area contributed by atoms with Crippen LogP contribution in [0.3, 0.4) is 0 Å². The highest BCUT2D eigenvalue weighted by Gasteiger charge is 2.28. The van der Waals surface area contributed by atoms with Gasteiger partial charge in [-0.25, -0.2) is 13.2 Å². The molecule has 2 heterocycles. The molecule has 8 nitrogen and oxygen atoms in total. The van der Waals surface area contributed by atoms with E-state index < -0.39 is 15.7 Å². The molecule has 1 amide bonds. The highest BCUT2D eigenvalue weighted by atomic mass is 79.9. The maximum absolute atomic E-state index is 13.4. The van der Waals surface area contributed by atoms with Crippen molar-refractivity contribution in [3.63, 3.8) is 0 Å². The Balaban J connectivity index is 1.38. The molecule has 5 rings (SSSR count). The molecule has 0 N–H and O–H groups in total.